The van der Waals surface area contributed by atoms with E-state index in [-0.39, 0.29) is 5.91 Å². The Bertz CT molecular complexity index is 347. The maximum absolute atomic E-state index is 12.3. The van der Waals surface area contributed by atoms with Crippen molar-refractivity contribution in [3.8, 4) is 0 Å². The second-order valence-electron chi connectivity index (χ2n) is 5.89. The second-order valence-corrected chi connectivity index (χ2v) is 6.33. The third-order valence-electron chi connectivity index (χ3n) is 4.82. The van der Waals surface area contributed by atoms with E-state index < -0.39 is 5.41 Å². The maximum atomic E-state index is 12.3. The first kappa shape index (κ1) is 14.7. The summed E-state index contributed by atoms with van der Waals surface area (Å²) in [5, 5.41) is 3.08. The molecule has 1 amide bonds. The Balaban J connectivity index is 1.77. The molecule has 1 aliphatic heterocycles. The second kappa shape index (κ2) is 6.18. The Morgan fingerprint density at radius 2 is 2.05 bits per heavy atom. The number of carbonyl (C=O) groups excluding carboxylic acids is 1. The van der Waals surface area contributed by atoms with Gasteiger partial charge in [-0.3, -0.25) is 4.79 Å². The van der Waals surface area contributed by atoms with Crippen molar-refractivity contribution < 1.29 is 4.79 Å². The van der Waals surface area contributed by atoms with E-state index in [1.165, 1.54) is 12.8 Å². The first-order chi connectivity index (χ1) is 9.08. The minimum atomic E-state index is -0.528. The van der Waals surface area contributed by atoms with Crippen LogP contribution in [0.2, 0.25) is 0 Å². The molecule has 2 aliphatic rings. The molecular formula is C14H25N3OS. The summed E-state index contributed by atoms with van der Waals surface area (Å²) >= 11 is 5.07. The Kier molecular flexibility index (Phi) is 4.79. The number of nitrogens with one attached hydrogen (secondary N) is 1. The quantitative estimate of drug-likeness (QED) is 0.747. The van der Waals surface area contributed by atoms with Gasteiger partial charge in [-0.15, -0.1) is 0 Å². The first-order valence-corrected chi connectivity index (χ1v) is 7.80. The van der Waals surface area contributed by atoms with Crippen LogP contribution in [-0.4, -0.2) is 42.0 Å². The molecule has 5 heteroatoms. The number of thiocarbonyl (C=S) groups is 1. The molecule has 0 aromatic rings. The molecule has 0 radical (unpaired) electrons. The molecule has 4 nitrogen and oxygen atoms in total. The van der Waals surface area contributed by atoms with E-state index in [1.54, 1.807) is 0 Å². The Hall–Kier alpha value is -0.680. The van der Waals surface area contributed by atoms with Crippen molar-refractivity contribution in [2.45, 2.75) is 39.0 Å². The van der Waals surface area contributed by atoms with Gasteiger partial charge in [0.2, 0.25) is 5.91 Å². The first-order valence-electron chi connectivity index (χ1n) is 7.39. The van der Waals surface area contributed by atoms with Crippen molar-refractivity contribution in [1.82, 2.24) is 10.2 Å². The van der Waals surface area contributed by atoms with Crippen molar-refractivity contribution in [1.29, 1.82) is 0 Å². The fourth-order valence-corrected chi connectivity index (χ4v) is 3.33. The van der Waals surface area contributed by atoms with Gasteiger partial charge in [0.05, 0.1) is 10.4 Å². The number of nitrogens with zero attached hydrogens (tertiary/aromatic N) is 1. The molecule has 0 aromatic carbocycles. The van der Waals surface area contributed by atoms with Gasteiger partial charge in [0.1, 0.15) is 0 Å². The van der Waals surface area contributed by atoms with Crippen LogP contribution < -0.4 is 11.1 Å². The normalized spacial score (nSPS) is 23.6. The van der Waals surface area contributed by atoms with Gasteiger partial charge in [-0.25, -0.2) is 0 Å². The van der Waals surface area contributed by atoms with E-state index in [2.05, 4.69) is 17.1 Å². The lowest BCUT2D eigenvalue weighted by molar-refractivity contribution is -0.131. The Morgan fingerprint density at radius 3 is 2.47 bits per heavy atom. The molecule has 0 bridgehead atoms. The molecule has 1 saturated carbocycles. The predicted octanol–water partition coefficient (Wildman–Crippen LogP) is 1.29. The maximum Gasteiger partial charge on any atom is 0.233 e. The standard InChI is InChI=1S/C14H25N3OS/c1-2-17-8-4-11(5-9-17)10-16-13(18)14(12(15)19)6-3-7-14/h11H,2-10H2,1H3,(H2,15,19)(H,16,18). The van der Waals surface area contributed by atoms with E-state index in [1.807, 2.05) is 0 Å². The van der Waals surface area contributed by atoms with Crippen molar-refractivity contribution in [3.63, 3.8) is 0 Å². The molecule has 108 valence electrons. The summed E-state index contributed by atoms with van der Waals surface area (Å²) in [4.78, 5) is 15.1. The van der Waals surface area contributed by atoms with Gasteiger partial charge in [0.25, 0.3) is 0 Å². The Morgan fingerprint density at radius 1 is 1.42 bits per heavy atom. The highest BCUT2D eigenvalue weighted by atomic mass is 32.1. The lowest BCUT2D eigenvalue weighted by Crippen LogP contribution is -2.54. The third kappa shape index (κ3) is 3.08. The summed E-state index contributed by atoms with van der Waals surface area (Å²) in [6.45, 7) is 6.41. The summed E-state index contributed by atoms with van der Waals surface area (Å²) in [6, 6.07) is 0. The zero-order chi connectivity index (χ0) is 13.9. The summed E-state index contributed by atoms with van der Waals surface area (Å²) in [5.74, 6) is 0.666. The highest BCUT2D eigenvalue weighted by Crippen LogP contribution is 2.41. The summed E-state index contributed by atoms with van der Waals surface area (Å²) in [5.41, 5.74) is 5.21. The minimum Gasteiger partial charge on any atom is -0.392 e. The van der Waals surface area contributed by atoms with Gasteiger partial charge in [-0.2, -0.15) is 0 Å². The third-order valence-corrected chi connectivity index (χ3v) is 5.21. The topological polar surface area (TPSA) is 58.4 Å². The highest BCUT2D eigenvalue weighted by molar-refractivity contribution is 7.80. The van der Waals surface area contributed by atoms with Crippen molar-refractivity contribution in [3.05, 3.63) is 0 Å². The van der Waals surface area contributed by atoms with Crippen molar-refractivity contribution in [2.24, 2.45) is 17.1 Å². The smallest absolute Gasteiger partial charge is 0.233 e. The minimum absolute atomic E-state index is 0.0594. The number of likely N-dealkylation sites (tertiary alicyclic amines) is 1. The van der Waals surface area contributed by atoms with E-state index in [4.69, 9.17) is 18.0 Å². The van der Waals surface area contributed by atoms with E-state index in [0.717, 1.165) is 45.4 Å². The van der Waals surface area contributed by atoms with Gasteiger partial charge < -0.3 is 16.0 Å². The number of hydrogen-bond acceptors (Lipinski definition) is 3. The van der Waals surface area contributed by atoms with Gasteiger partial charge in [0.15, 0.2) is 0 Å². The van der Waals surface area contributed by atoms with Crippen LogP contribution in [0.1, 0.15) is 39.0 Å². The number of amides is 1. The summed E-state index contributed by atoms with van der Waals surface area (Å²) < 4.78 is 0. The highest BCUT2D eigenvalue weighted by Gasteiger charge is 2.46. The van der Waals surface area contributed by atoms with Gasteiger partial charge in [-0.05, 0) is 51.2 Å². The zero-order valence-corrected chi connectivity index (χ0v) is 12.6. The molecule has 1 saturated heterocycles. The van der Waals surface area contributed by atoms with Gasteiger partial charge in [0, 0.05) is 6.54 Å². The number of piperidine rings is 1. The van der Waals surface area contributed by atoms with E-state index in [0.29, 0.717) is 10.9 Å². The average Bonchev–Trinajstić information content (AvgIpc) is 2.35. The molecule has 2 fully saturated rings. The Labute approximate surface area is 121 Å². The predicted molar refractivity (Wildman–Crippen MR) is 80.9 cm³/mol. The fraction of sp³-hybridized carbons (Fsp3) is 0.857. The van der Waals surface area contributed by atoms with E-state index >= 15 is 0 Å². The molecule has 1 aliphatic carbocycles. The number of rotatable bonds is 5. The summed E-state index contributed by atoms with van der Waals surface area (Å²) in [6.07, 6.45) is 5.05. The lowest BCUT2D eigenvalue weighted by atomic mass is 9.68. The van der Waals surface area contributed by atoms with Crippen LogP contribution in [0.15, 0.2) is 0 Å². The molecule has 19 heavy (non-hydrogen) atoms. The van der Waals surface area contributed by atoms with Crippen LogP contribution in [0.4, 0.5) is 0 Å². The number of carbonyl (C=O) groups is 1. The van der Waals surface area contributed by atoms with Crippen LogP contribution in [0.5, 0.6) is 0 Å². The van der Waals surface area contributed by atoms with Crippen molar-refractivity contribution in [2.75, 3.05) is 26.2 Å². The number of hydrogen-bond donors (Lipinski definition) is 2. The average molecular weight is 283 g/mol. The van der Waals surface area contributed by atoms with E-state index in [9.17, 15) is 4.79 Å². The molecule has 0 spiro atoms. The van der Waals surface area contributed by atoms with Crippen LogP contribution in [0, 0.1) is 11.3 Å². The van der Waals surface area contributed by atoms with Crippen molar-refractivity contribution >= 4 is 23.1 Å². The lowest BCUT2D eigenvalue weighted by Gasteiger charge is -2.39. The molecule has 0 atom stereocenters. The monoisotopic (exact) mass is 283 g/mol. The number of nitrogens with two attached hydrogens (primary N) is 1. The van der Waals surface area contributed by atoms with Crippen LogP contribution in [0.3, 0.4) is 0 Å². The van der Waals surface area contributed by atoms with Crippen LogP contribution in [-0.2, 0) is 4.79 Å². The summed E-state index contributed by atoms with van der Waals surface area (Å²) in [7, 11) is 0. The molecule has 0 unspecified atom stereocenters. The largest absolute Gasteiger partial charge is 0.392 e. The molecule has 3 N–H and O–H groups in total. The fourth-order valence-electron chi connectivity index (χ4n) is 3.03. The van der Waals surface area contributed by atoms with Gasteiger partial charge >= 0.3 is 0 Å². The molecule has 0 aromatic heterocycles. The molecule has 2 rings (SSSR count). The van der Waals surface area contributed by atoms with Crippen LogP contribution in [0.25, 0.3) is 0 Å². The SMILES string of the molecule is CCN1CCC(CNC(=O)C2(C(N)=S)CCC2)CC1. The van der Waals surface area contributed by atoms with Crippen LogP contribution >= 0.6 is 12.2 Å². The van der Waals surface area contributed by atoms with Gasteiger partial charge in [-0.1, -0.05) is 25.6 Å². The zero-order valence-electron chi connectivity index (χ0n) is 11.8. The molecular weight excluding hydrogens is 258 g/mol. The molecule has 1 heterocycles.